The second kappa shape index (κ2) is 6.91. The van der Waals surface area contributed by atoms with Gasteiger partial charge in [-0.25, -0.2) is 9.18 Å². The van der Waals surface area contributed by atoms with Gasteiger partial charge >= 0.3 is 5.97 Å². The molecule has 0 heterocycles. The number of hydrogen-bond donors (Lipinski definition) is 0. The Morgan fingerprint density at radius 2 is 1.75 bits per heavy atom. The molecule has 2 aromatic rings. The summed E-state index contributed by atoms with van der Waals surface area (Å²) in [4.78, 5) is 13.2. The summed E-state index contributed by atoms with van der Waals surface area (Å²) in [6.45, 7) is 0. The molecule has 0 saturated carbocycles. The quantitative estimate of drug-likeness (QED) is 0.480. The molecule has 4 heteroatoms. The number of carbonyl (C=O) groups excluding carboxylic acids is 1. The molecule has 0 aliphatic carbocycles. The van der Waals surface area contributed by atoms with Crippen LogP contribution in [0.25, 0.3) is 4.91 Å². The van der Waals surface area contributed by atoms with E-state index in [1.807, 2.05) is 30.3 Å². The Hall–Kier alpha value is -2.07. The molecule has 0 aliphatic rings. The number of benzene rings is 2. The molecular formula is C16H13FO2S. The van der Waals surface area contributed by atoms with Gasteiger partial charge in [0.25, 0.3) is 0 Å². The maximum absolute atomic E-state index is 13.0. The van der Waals surface area contributed by atoms with Crippen LogP contribution < -0.4 is 0 Å². The molecule has 0 bridgehead atoms. The molecule has 2 nitrogen and oxygen atoms in total. The van der Waals surface area contributed by atoms with E-state index in [1.54, 1.807) is 12.1 Å². The Morgan fingerprint density at radius 3 is 2.35 bits per heavy atom. The minimum Gasteiger partial charge on any atom is -0.466 e. The highest BCUT2D eigenvalue weighted by Gasteiger charge is 2.07. The molecule has 0 fully saturated rings. The summed E-state index contributed by atoms with van der Waals surface area (Å²) in [5.41, 5.74) is 0.769. The van der Waals surface area contributed by atoms with Crippen molar-refractivity contribution in [3.8, 4) is 0 Å². The molecule has 0 saturated heterocycles. The van der Waals surface area contributed by atoms with Gasteiger partial charge in [0.05, 0.1) is 7.11 Å². The SMILES string of the molecule is COC(=O)/C=C(\Sc1ccccc1)c1ccc(F)cc1. The average Bonchev–Trinajstić information content (AvgIpc) is 2.48. The summed E-state index contributed by atoms with van der Waals surface area (Å²) >= 11 is 1.43. The third kappa shape index (κ3) is 3.96. The Morgan fingerprint density at radius 1 is 1.10 bits per heavy atom. The van der Waals surface area contributed by atoms with Crippen molar-refractivity contribution in [1.82, 2.24) is 0 Å². The molecule has 2 rings (SSSR count). The summed E-state index contributed by atoms with van der Waals surface area (Å²) < 4.78 is 17.6. The van der Waals surface area contributed by atoms with Crippen LogP contribution in [-0.2, 0) is 9.53 Å². The number of halogens is 1. The Kier molecular flexibility index (Phi) is 4.96. The van der Waals surface area contributed by atoms with Crippen LogP contribution in [0.1, 0.15) is 5.56 Å². The number of methoxy groups -OCH3 is 1. The number of esters is 1. The van der Waals surface area contributed by atoms with Crippen LogP contribution in [0.15, 0.2) is 65.6 Å². The van der Waals surface area contributed by atoms with E-state index in [0.717, 1.165) is 10.5 Å². The van der Waals surface area contributed by atoms with E-state index in [-0.39, 0.29) is 5.82 Å². The van der Waals surface area contributed by atoms with Gasteiger partial charge in [0.2, 0.25) is 0 Å². The topological polar surface area (TPSA) is 26.3 Å². The van der Waals surface area contributed by atoms with Crippen LogP contribution in [0, 0.1) is 5.82 Å². The molecule has 0 aromatic heterocycles. The van der Waals surface area contributed by atoms with Gasteiger partial charge in [-0.15, -0.1) is 0 Å². The first-order valence-corrected chi connectivity index (χ1v) is 6.79. The van der Waals surface area contributed by atoms with Gasteiger partial charge < -0.3 is 4.74 Å². The van der Waals surface area contributed by atoms with Crippen LogP contribution in [0.3, 0.4) is 0 Å². The number of thioether (sulfide) groups is 1. The summed E-state index contributed by atoms with van der Waals surface area (Å²) in [5, 5.41) is 0. The molecule has 0 aliphatic heterocycles. The van der Waals surface area contributed by atoms with Crippen molar-refractivity contribution >= 4 is 22.6 Å². The number of carbonyl (C=O) groups is 1. The first kappa shape index (κ1) is 14.3. The molecule has 0 atom stereocenters. The fourth-order valence-electron chi connectivity index (χ4n) is 1.57. The minimum absolute atomic E-state index is 0.309. The molecule has 20 heavy (non-hydrogen) atoms. The Balaban J connectivity index is 2.32. The summed E-state index contributed by atoms with van der Waals surface area (Å²) in [6.07, 6.45) is 1.41. The largest absolute Gasteiger partial charge is 0.466 e. The van der Waals surface area contributed by atoms with Crippen molar-refractivity contribution in [1.29, 1.82) is 0 Å². The summed E-state index contributed by atoms with van der Waals surface area (Å²) in [5.74, 6) is -0.747. The lowest BCUT2D eigenvalue weighted by Crippen LogP contribution is -1.96. The smallest absolute Gasteiger partial charge is 0.331 e. The monoisotopic (exact) mass is 288 g/mol. The third-order valence-electron chi connectivity index (χ3n) is 2.55. The lowest BCUT2D eigenvalue weighted by molar-refractivity contribution is -0.134. The van der Waals surface area contributed by atoms with Gasteiger partial charge in [-0.2, -0.15) is 0 Å². The fourth-order valence-corrected chi connectivity index (χ4v) is 2.52. The number of hydrogen-bond acceptors (Lipinski definition) is 3. The summed E-state index contributed by atoms with van der Waals surface area (Å²) in [7, 11) is 1.33. The van der Waals surface area contributed by atoms with Gasteiger partial charge in [-0.3, -0.25) is 0 Å². The maximum Gasteiger partial charge on any atom is 0.331 e. The van der Waals surface area contributed by atoms with Crippen LogP contribution >= 0.6 is 11.8 Å². The van der Waals surface area contributed by atoms with E-state index >= 15 is 0 Å². The highest BCUT2D eigenvalue weighted by atomic mass is 32.2. The zero-order chi connectivity index (χ0) is 14.4. The highest BCUT2D eigenvalue weighted by molar-refractivity contribution is 8.08. The Labute approximate surface area is 121 Å². The van der Waals surface area contributed by atoms with Gasteiger partial charge in [0, 0.05) is 15.9 Å². The third-order valence-corrected chi connectivity index (χ3v) is 3.63. The van der Waals surface area contributed by atoms with E-state index in [0.29, 0.717) is 4.91 Å². The van der Waals surface area contributed by atoms with Crippen LogP contribution in [0.2, 0.25) is 0 Å². The lowest BCUT2D eigenvalue weighted by atomic mass is 10.2. The van der Waals surface area contributed by atoms with E-state index in [4.69, 9.17) is 0 Å². The van der Waals surface area contributed by atoms with Crippen molar-refractivity contribution in [2.45, 2.75) is 4.90 Å². The molecular weight excluding hydrogens is 275 g/mol. The van der Waals surface area contributed by atoms with Gasteiger partial charge in [-0.05, 0) is 29.8 Å². The van der Waals surface area contributed by atoms with E-state index in [9.17, 15) is 9.18 Å². The lowest BCUT2D eigenvalue weighted by Gasteiger charge is -2.07. The first-order chi connectivity index (χ1) is 9.69. The number of rotatable bonds is 4. The van der Waals surface area contributed by atoms with E-state index in [2.05, 4.69) is 4.74 Å². The normalized spacial score (nSPS) is 11.2. The molecule has 0 amide bonds. The van der Waals surface area contributed by atoms with Crippen molar-refractivity contribution in [2.75, 3.05) is 7.11 Å². The van der Waals surface area contributed by atoms with Crippen molar-refractivity contribution in [2.24, 2.45) is 0 Å². The fraction of sp³-hybridized carbons (Fsp3) is 0.0625. The maximum atomic E-state index is 13.0. The van der Waals surface area contributed by atoms with Crippen LogP contribution in [0.5, 0.6) is 0 Å². The molecule has 0 unspecified atom stereocenters. The van der Waals surface area contributed by atoms with Crippen molar-refractivity contribution in [3.63, 3.8) is 0 Å². The van der Waals surface area contributed by atoms with E-state index < -0.39 is 5.97 Å². The predicted octanol–water partition coefficient (Wildman–Crippen LogP) is 4.13. The molecule has 0 radical (unpaired) electrons. The molecule has 2 aromatic carbocycles. The zero-order valence-electron chi connectivity index (χ0n) is 10.9. The number of ether oxygens (including phenoxy) is 1. The van der Waals surface area contributed by atoms with E-state index in [1.165, 1.54) is 37.1 Å². The molecule has 0 N–H and O–H groups in total. The molecule has 102 valence electrons. The minimum atomic E-state index is -0.437. The first-order valence-electron chi connectivity index (χ1n) is 5.97. The predicted molar refractivity (Wildman–Crippen MR) is 78.7 cm³/mol. The van der Waals surface area contributed by atoms with Crippen LogP contribution in [-0.4, -0.2) is 13.1 Å². The van der Waals surface area contributed by atoms with Gasteiger partial charge in [-0.1, -0.05) is 42.1 Å². The average molecular weight is 288 g/mol. The summed E-state index contributed by atoms with van der Waals surface area (Å²) in [6, 6.07) is 15.7. The van der Waals surface area contributed by atoms with Gasteiger partial charge in [0.15, 0.2) is 0 Å². The standard InChI is InChI=1S/C16H13FO2S/c1-19-16(18)11-15(12-7-9-13(17)10-8-12)20-14-5-3-2-4-6-14/h2-11H,1H3/b15-11-. The highest BCUT2D eigenvalue weighted by Crippen LogP contribution is 2.34. The van der Waals surface area contributed by atoms with Crippen molar-refractivity contribution in [3.05, 3.63) is 72.1 Å². The molecule has 0 spiro atoms. The second-order valence-corrected chi connectivity index (χ2v) is 5.07. The Bertz CT molecular complexity index is 606. The van der Waals surface area contributed by atoms with Crippen LogP contribution in [0.4, 0.5) is 4.39 Å². The second-order valence-electron chi connectivity index (χ2n) is 3.95. The van der Waals surface area contributed by atoms with Gasteiger partial charge in [0.1, 0.15) is 5.82 Å². The van der Waals surface area contributed by atoms with Crippen molar-refractivity contribution < 1.29 is 13.9 Å². The zero-order valence-corrected chi connectivity index (χ0v) is 11.7.